The van der Waals surface area contributed by atoms with Gasteiger partial charge in [0.25, 0.3) is 5.91 Å². The summed E-state index contributed by atoms with van der Waals surface area (Å²) < 4.78 is 10.6. The number of hydrogen-bond acceptors (Lipinski definition) is 5. The molecule has 3 aliphatic rings. The van der Waals surface area contributed by atoms with E-state index in [0.29, 0.717) is 18.7 Å². The first-order chi connectivity index (χ1) is 11.1. The molecule has 1 amide bonds. The van der Waals surface area contributed by atoms with Gasteiger partial charge in [-0.3, -0.25) is 9.59 Å². The van der Waals surface area contributed by atoms with Gasteiger partial charge in [0.2, 0.25) is 5.76 Å². The largest absolute Gasteiger partial charge is 0.481 e. The van der Waals surface area contributed by atoms with Crippen LogP contribution in [0.2, 0.25) is 0 Å². The fourth-order valence-corrected chi connectivity index (χ4v) is 3.36. The standard InChI is InChI=1S/C16H14N2O5/c19-15(13-14(23-8-17-13)12-2-1-5-22-12)18-7-9-3-4-11(18)10(6-9)16(20)21/h1-5,8-11H,6-7H2,(H,20,21). The first kappa shape index (κ1) is 13.8. The average molecular weight is 314 g/mol. The van der Waals surface area contributed by atoms with E-state index in [2.05, 4.69) is 4.98 Å². The number of carbonyl (C=O) groups excluding carboxylic acids is 1. The summed E-state index contributed by atoms with van der Waals surface area (Å²) in [5.41, 5.74) is 0.144. The van der Waals surface area contributed by atoms with Gasteiger partial charge < -0.3 is 18.8 Å². The molecule has 2 aromatic heterocycles. The summed E-state index contributed by atoms with van der Waals surface area (Å²) in [5.74, 6) is -1.06. The molecular formula is C16H14N2O5. The van der Waals surface area contributed by atoms with Gasteiger partial charge in [-0.15, -0.1) is 0 Å². The minimum atomic E-state index is -0.881. The van der Waals surface area contributed by atoms with Crippen molar-refractivity contribution in [2.24, 2.45) is 11.8 Å². The summed E-state index contributed by atoms with van der Waals surface area (Å²) in [5, 5.41) is 9.37. The van der Waals surface area contributed by atoms with Crippen molar-refractivity contribution in [2.75, 3.05) is 6.54 Å². The van der Waals surface area contributed by atoms with Gasteiger partial charge in [-0.25, -0.2) is 4.98 Å². The van der Waals surface area contributed by atoms with E-state index in [4.69, 9.17) is 8.83 Å². The molecule has 23 heavy (non-hydrogen) atoms. The van der Waals surface area contributed by atoms with E-state index in [1.807, 2.05) is 6.08 Å². The van der Waals surface area contributed by atoms with Gasteiger partial charge in [-0.2, -0.15) is 0 Å². The van der Waals surface area contributed by atoms with Crippen LogP contribution in [0.3, 0.4) is 0 Å². The number of aromatic nitrogens is 1. The van der Waals surface area contributed by atoms with Crippen molar-refractivity contribution in [1.29, 1.82) is 0 Å². The van der Waals surface area contributed by atoms with Crippen molar-refractivity contribution in [1.82, 2.24) is 9.88 Å². The van der Waals surface area contributed by atoms with Crippen LogP contribution in [0, 0.1) is 11.8 Å². The molecule has 2 aromatic rings. The van der Waals surface area contributed by atoms with Crippen LogP contribution >= 0.6 is 0 Å². The number of carboxylic acid groups (broad SMARTS) is 1. The van der Waals surface area contributed by atoms with Crippen LogP contribution < -0.4 is 0 Å². The van der Waals surface area contributed by atoms with Gasteiger partial charge in [0.15, 0.2) is 17.8 Å². The molecule has 0 radical (unpaired) electrons. The van der Waals surface area contributed by atoms with Crippen molar-refractivity contribution in [3.8, 4) is 11.5 Å². The average Bonchev–Trinajstić information content (AvgIpc) is 3.25. The van der Waals surface area contributed by atoms with E-state index in [-0.39, 0.29) is 23.3 Å². The smallest absolute Gasteiger partial charge is 0.308 e. The van der Waals surface area contributed by atoms with Crippen LogP contribution in [-0.2, 0) is 4.79 Å². The molecule has 118 valence electrons. The maximum Gasteiger partial charge on any atom is 0.308 e. The Morgan fingerprint density at radius 2 is 2.17 bits per heavy atom. The SMILES string of the molecule is O=C(O)C1CC2C=CC1N(C(=O)c1ncoc1-c1ccco1)C2. The van der Waals surface area contributed by atoms with Crippen LogP contribution in [0.4, 0.5) is 0 Å². The third-order valence-corrected chi connectivity index (χ3v) is 4.43. The Balaban J connectivity index is 1.67. The zero-order chi connectivity index (χ0) is 16.0. The van der Waals surface area contributed by atoms with Gasteiger partial charge in [-0.05, 0) is 24.5 Å². The highest BCUT2D eigenvalue weighted by atomic mass is 16.4. The number of rotatable bonds is 3. The van der Waals surface area contributed by atoms with Gasteiger partial charge in [-0.1, -0.05) is 12.2 Å². The molecule has 3 unspecified atom stereocenters. The molecule has 0 aromatic carbocycles. The normalized spacial score (nSPS) is 25.7. The van der Waals surface area contributed by atoms with E-state index in [9.17, 15) is 14.7 Å². The number of furan rings is 1. The van der Waals surface area contributed by atoms with Gasteiger partial charge in [0, 0.05) is 6.54 Å². The second kappa shape index (κ2) is 5.12. The molecule has 7 nitrogen and oxygen atoms in total. The Morgan fingerprint density at radius 1 is 1.30 bits per heavy atom. The van der Waals surface area contributed by atoms with Crippen LogP contribution in [0.25, 0.3) is 11.5 Å². The fourth-order valence-electron chi connectivity index (χ4n) is 3.36. The predicted molar refractivity (Wildman–Crippen MR) is 77.4 cm³/mol. The number of amides is 1. The van der Waals surface area contributed by atoms with E-state index in [1.165, 1.54) is 12.7 Å². The van der Waals surface area contributed by atoms with Crippen molar-refractivity contribution in [3.63, 3.8) is 0 Å². The van der Waals surface area contributed by atoms with Crippen LogP contribution in [-0.4, -0.2) is 39.5 Å². The first-order valence-electron chi connectivity index (χ1n) is 7.34. The molecule has 1 saturated heterocycles. The highest BCUT2D eigenvalue weighted by Crippen LogP contribution is 2.36. The summed E-state index contributed by atoms with van der Waals surface area (Å²) in [6, 6.07) is 2.92. The lowest BCUT2D eigenvalue weighted by Gasteiger charge is -2.44. The third kappa shape index (κ3) is 2.16. The Kier molecular flexibility index (Phi) is 3.07. The number of piperidine rings is 1. The monoisotopic (exact) mass is 314 g/mol. The number of nitrogens with zero attached hydrogens (tertiary/aromatic N) is 2. The molecule has 5 rings (SSSR count). The second-order valence-electron chi connectivity index (χ2n) is 5.78. The molecule has 1 aliphatic carbocycles. The van der Waals surface area contributed by atoms with Crippen molar-refractivity contribution in [3.05, 3.63) is 42.6 Å². The van der Waals surface area contributed by atoms with E-state index < -0.39 is 17.9 Å². The van der Waals surface area contributed by atoms with Gasteiger partial charge in [0.1, 0.15) is 0 Å². The number of aliphatic carboxylic acids is 1. The molecule has 7 heteroatoms. The van der Waals surface area contributed by atoms with Gasteiger partial charge >= 0.3 is 5.97 Å². The quantitative estimate of drug-likeness (QED) is 0.871. The Hall–Kier alpha value is -2.83. The molecule has 0 saturated carbocycles. The maximum atomic E-state index is 12.9. The molecule has 2 aliphatic heterocycles. The lowest BCUT2D eigenvalue weighted by molar-refractivity contribution is -0.145. The van der Waals surface area contributed by atoms with Crippen LogP contribution in [0.1, 0.15) is 16.9 Å². The third-order valence-electron chi connectivity index (χ3n) is 4.43. The first-order valence-corrected chi connectivity index (χ1v) is 7.34. The highest BCUT2D eigenvalue weighted by molar-refractivity contribution is 5.98. The topological polar surface area (TPSA) is 96.8 Å². The second-order valence-corrected chi connectivity index (χ2v) is 5.78. The molecule has 1 N–H and O–H groups in total. The number of carbonyl (C=O) groups is 2. The number of carboxylic acids is 1. The Bertz CT molecular complexity index is 776. The van der Waals surface area contributed by atoms with Crippen molar-refractivity contribution < 1.29 is 23.5 Å². The Morgan fingerprint density at radius 3 is 2.87 bits per heavy atom. The summed E-state index contributed by atoms with van der Waals surface area (Å²) >= 11 is 0. The van der Waals surface area contributed by atoms with Crippen molar-refractivity contribution >= 4 is 11.9 Å². The number of fused-ring (bicyclic) bond motifs is 2. The summed E-state index contributed by atoms with van der Waals surface area (Å²) in [6.45, 7) is 0.494. The maximum absolute atomic E-state index is 12.9. The van der Waals surface area contributed by atoms with Crippen LogP contribution in [0.15, 0.2) is 45.8 Å². The summed E-state index contributed by atoms with van der Waals surface area (Å²) in [6.07, 6.45) is 7.03. The van der Waals surface area contributed by atoms with E-state index in [1.54, 1.807) is 23.1 Å². The predicted octanol–water partition coefficient (Wildman–Crippen LogP) is 2.04. The van der Waals surface area contributed by atoms with E-state index in [0.717, 1.165) is 0 Å². The molecule has 2 bridgehead atoms. The Labute approximate surface area is 131 Å². The molecule has 1 fully saturated rings. The van der Waals surface area contributed by atoms with Crippen LogP contribution in [0.5, 0.6) is 0 Å². The zero-order valence-corrected chi connectivity index (χ0v) is 12.1. The lowest BCUT2D eigenvalue weighted by Crippen LogP contribution is -2.55. The lowest BCUT2D eigenvalue weighted by atomic mass is 9.77. The minimum absolute atomic E-state index is 0.0593. The fraction of sp³-hybridized carbons (Fsp3) is 0.312. The van der Waals surface area contributed by atoms with E-state index >= 15 is 0 Å². The summed E-state index contributed by atoms with van der Waals surface area (Å²) in [7, 11) is 0. The van der Waals surface area contributed by atoms with Crippen molar-refractivity contribution in [2.45, 2.75) is 12.5 Å². The van der Waals surface area contributed by atoms with Gasteiger partial charge in [0.05, 0.1) is 18.2 Å². The molecule has 3 atom stereocenters. The molecule has 4 heterocycles. The molecular weight excluding hydrogens is 300 g/mol. The zero-order valence-electron chi connectivity index (χ0n) is 12.1. The number of oxazole rings is 1. The molecule has 0 spiro atoms. The highest BCUT2D eigenvalue weighted by Gasteiger charge is 2.44. The number of hydrogen-bond donors (Lipinski definition) is 1. The minimum Gasteiger partial charge on any atom is -0.481 e. The summed E-state index contributed by atoms with van der Waals surface area (Å²) in [4.78, 5) is 29.9.